The fraction of sp³-hybridized carbons (Fsp3) is 0.760. The molecule has 6 rings (SSSR count). The van der Waals surface area contributed by atoms with Gasteiger partial charge in [0.25, 0.3) is 10.1 Å². The normalized spacial score (nSPS) is 46.1. The maximum atomic E-state index is 13.2. The van der Waals surface area contributed by atoms with Gasteiger partial charge in [-0.15, -0.1) is 0 Å². The standard InChI is InChI=1S/C25H34O8S/c1-16-8-10-17(11-9-16)34(31,32)33-19-18(26)22(27)20(12-4-2-5-13-20)24(22,29)25(30)21(23(19,25)28)14-6-3-7-15-21/h8-11,18-19,26-30H,2-7,12-15H2,1H3/t18-,19-,22+,23-,24-,25-/m0/s1. The lowest BCUT2D eigenvalue weighted by Gasteiger charge is -2.39. The molecule has 34 heavy (non-hydrogen) atoms. The van der Waals surface area contributed by atoms with E-state index >= 15 is 0 Å². The van der Waals surface area contributed by atoms with Crippen LogP contribution in [-0.2, 0) is 14.3 Å². The smallest absolute Gasteiger partial charge is 0.297 e. The zero-order valence-corrected chi connectivity index (χ0v) is 20.2. The highest BCUT2D eigenvalue weighted by Crippen LogP contribution is 2.91. The Balaban J connectivity index is 1.49. The molecule has 0 heterocycles. The molecule has 0 aromatic heterocycles. The molecule has 0 amide bonds. The minimum Gasteiger partial charge on any atom is -0.387 e. The Morgan fingerprint density at radius 1 is 0.765 bits per heavy atom. The van der Waals surface area contributed by atoms with E-state index in [2.05, 4.69) is 0 Å². The predicted octanol–water partition coefficient (Wildman–Crippen LogP) is 1.30. The molecule has 1 aromatic rings. The van der Waals surface area contributed by atoms with E-state index in [-0.39, 0.29) is 4.90 Å². The Morgan fingerprint density at radius 2 is 1.21 bits per heavy atom. The van der Waals surface area contributed by atoms with E-state index in [1.807, 2.05) is 6.92 Å². The fourth-order valence-electron chi connectivity index (χ4n) is 8.85. The molecule has 5 aliphatic rings. The number of aliphatic hydroxyl groups excluding tert-OH is 1. The Labute approximate surface area is 199 Å². The zero-order valence-electron chi connectivity index (χ0n) is 19.4. The van der Waals surface area contributed by atoms with Crippen LogP contribution in [0.1, 0.15) is 69.8 Å². The lowest BCUT2D eigenvalue weighted by atomic mass is 9.76. The molecule has 0 bridgehead atoms. The number of benzene rings is 1. The Bertz CT molecular complexity index is 1120. The van der Waals surface area contributed by atoms with Gasteiger partial charge in [0, 0.05) is 10.8 Å². The molecule has 0 radical (unpaired) electrons. The molecule has 188 valence electrons. The molecule has 6 atom stereocenters. The number of hydrogen-bond donors (Lipinski definition) is 5. The SMILES string of the molecule is Cc1ccc(S(=O)(=O)O[C@H]2[C@H](O)[C@@]3(O)C4(CCCCC4)[C@@]3(O)[C@]3(O)C4(CCCCC4)[C@@]23O)cc1. The highest BCUT2D eigenvalue weighted by Gasteiger charge is 3.11. The van der Waals surface area contributed by atoms with E-state index in [1.54, 1.807) is 12.1 Å². The lowest BCUT2D eigenvalue weighted by Crippen LogP contribution is -2.64. The summed E-state index contributed by atoms with van der Waals surface area (Å²) in [5, 5.41) is 59.7. The summed E-state index contributed by atoms with van der Waals surface area (Å²) < 4.78 is 32.0. The first-order valence-corrected chi connectivity index (χ1v) is 13.9. The molecule has 9 heteroatoms. The van der Waals surface area contributed by atoms with Gasteiger partial charge in [-0.05, 0) is 44.7 Å². The maximum absolute atomic E-state index is 13.2. The van der Waals surface area contributed by atoms with E-state index in [0.29, 0.717) is 51.4 Å². The van der Waals surface area contributed by atoms with Gasteiger partial charge in [0.2, 0.25) is 0 Å². The van der Waals surface area contributed by atoms with Crippen molar-refractivity contribution in [1.82, 2.24) is 0 Å². The monoisotopic (exact) mass is 494 g/mol. The largest absolute Gasteiger partial charge is 0.387 e. The Morgan fingerprint density at radius 3 is 1.71 bits per heavy atom. The van der Waals surface area contributed by atoms with Gasteiger partial charge < -0.3 is 25.5 Å². The van der Waals surface area contributed by atoms with Crippen LogP contribution in [0.2, 0.25) is 0 Å². The second-order valence-corrected chi connectivity index (χ2v) is 13.0. The van der Waals surface area contributed by atoms with Gasteiger partial charge in [0.05, 0.1) is 4.90 Å². The van der Waals surface area contributed by atoms with Crippen LogP contribution in [0.15, 0.2) is 29.2 Å². The van der Waals surface area contributed by atoms with Crippen molar-refractivity contribution in [2.45, 2.75) is 111 Å². The second kappa shape index (κ2) is 6.62. The number of aryl methyl sites for hydroxylation is 1. The molecule has 5 fully saturated rings. The molecule has 0 aliphatic heterocycles. The van der Waals surface area contributed by atoms with Crippen LogP contribution in [0.3, 0.4) is 0 Å². The van der Waals surface area contributed by atoms with Crippen LogP contribution >= 0.6 is 0 Å². The van der Waals surface area contributed by atoms with Crippen molar-refractivity contribution in [2.75, 3.05) is 0 Å². The molecule has 5 aliphatic carbocycles. The summed E-state index contributed by atoms with van der Waals surface area (Å²) in [6.07, 6.45) is 2.31. The van der Waals surface area contributed by atoms with Gasteiger partial charge in [-0.25, -0.2) is 0 Å². The topological polar surface area (TPSA) is 145 Å². The first-order chi connectivity index (χ1) is 15.9. The predicted molar refractivity (Wildman–Crippen MR) is 120 cm³/mol. The summed E-state index contributed by atoms with van der Waals surface area (Å²) in [6, 6.07) is 5.99. The van der Waals surface area contributed by atoms with Crippen LogP contribution in [0, 0.1) is 17.8 Å². The minimum atomic E-state index is -4.45. The van der Waals surface area contributed by atoms with Crippen molar-refractivity contribution in [3.05, 3.63) is 29.8 Å². The summed E-state index contributed by atoms with van der Waals surface area (Å²) >= 11 is 0. The first kappa shape index (κ1) is 23.3. The summed E-state index contributed by atoms with van der Waals surface area (Å²) in [5.41, 5.74) is -10.3. The van der Waals surface area contributed by atoms with Gasteiger partial charge >= 0.3 is 0 Å². The Kier molecular flexibility index (Phi) is 4.54. The van der Waals surface area contributed by atoms with E-state index in [4.69, 9.17) is 4.18 Å². The van der Waals surface area contributed by atoms with E-state index in [9.17, 15) is 34.0 Å². The van der Waals surface area contributed by atoms with E-state index < -0.39 is 55.6 Å². The molecule has 5 N–H and O–H groups in total. The quantitative estimate of drug-likeness (QED) is 0.396. The summed E-state index contributed by atoms with van der Waals surface area (Å²) in [4.78, 5) is -0.146. The molecule has 0 unspecified atom stereocenters. The van der Waals surface area contributed by atoms with Gasteiger partial charge in [-0.3, -0.25) is 4.18 Å². The van der Waals surface area contributed by atoms with Crippen LogP contribution in [0.4, 0.5) is 0 Å². The summed E-state index contributed by atoms with van der Waals surface area (Å²) in [6.45, 7) is 1.81. The molecule has 1 aromatic carbocycles. The minimum absolute atomic E-state index is 0.146. The van der Waals surface area contributed by atoms with Gasteiger partial charge in [0.1, 0.15) is 34.6 Å². The van der Waals surface area contributed by atoms with Crippen molar-refractivity contribution in [3.8, 4) is 0 Å². The average molecular weight is 495 g/mol. The van der Waals surface area contributed by atoms with Crippen molar-refractivity contribution in [3.63, 3.8) is 0 Å². The van der Waals surface area contributed by atoms with Crippen molar-refractivity contribution < 1.29 is 38.1 Å². The zero-order chi connectivity index (χ0) is 24.4. The third-order valence-corrected chi connectivity index (χ3v) is 11.7. The lowest BCUT2D eigenvalue weighted by molar-refractivity contribution is -0.216. The number of fused-ring (bicyclic) bond motifs is 7. The fourth-order valence-corrected chi connectivity index (χ4v) is 9.94. The Hall–Kier alpha value is -1.07. The van der Waals surface area contributed by atoms with Crippen LogP contribution in [-0.4, -0.2) is 68.6 Å². The summed E-state index contributed by atoms with van der Waals surface area (Å²) in [7, 11) is -4.45. The van der Waals surface area contributed by atoms with Crippen molar-refractivity contribution in [2.24, 2.45) is 10.8 Å². The number of hydrogen-bond acceptors (Lipinski definition) is 8. The van der Waals surface area contributed by atoms with Gasteiger partial charge in [-0.1, -0.05) is 56.2 Å². The van der Waals surface area contributed by atoms with Crippen molar-refractivity contribution in [1.29, 1.82) is 0 Å². The highest BCUT2D eigenvalue weighted by atomic mass is 32.2. The van der Waals surface area contributed by atoms with Crippen LogP contribution in [0.5, 0.6) is 0 Å². The van der Waals surface area contributed by atoms with E-state index in [1.165, 1.54) is 12.1 Å². The molecule has 5 saturated carbocycles. The molecule has 2 spiro atoms. The molecule has 0 saturated heterocycles. The van der Waals surface area contributed by atoms with Crippen molar-refractivity contribution >= 4 is 10.1 Å². The van der Waals surface area contributed by atoms with E-state index in [0.717, 1.165) is 18.4 Å². The first-order valence-electron chi connectivity index (χ1n) is 12.5. The molecular weight excluding hydrogens is 460 g/mol. The van der Waals surface area contributed by atoms with Crippen LogP contribution in [0.25, 0.3) is 0 Å². The number of aliphatic hydroxyl groups is 5. The third kappa shape index (κ3) is 2.10. The molecular formula is C25H34O8S. The number of rotatable bonds is 3. The summed E-state index contributed by atoms with van der Waals surface area (Å²) in [5.74, 6) is 0. The maximum Gasteiger partial charge on any atom is 0.297 e. The van der Waals surface area contributed by atoms with Gasteiger partial charge in [0.15, 0.2) is 0 Å². The van der Waals surface area contributed by atoms with Gasteiger partial charge in [-0.2, -0.15) is 8.42 Å². The molecule has 8 nitrogen and oxygen atoms in total. The van der Waals surface area contributed by atoms with Crippen LogP contribution < -0.4 is 0 Å². The average Bonchev–Trinajstić information content (AvgIpc) is 3.45. The third-order valence-electron chi connectivity index (χ3n) is 10.4. The second-order valence-electron chi connectivity index (χ2n) is 11.5. The highest BCUT2D eigenvalue weighted by molar-refractivity contribution is 7.86.